The van der Waals surface area contributed by atoms with Gasteiger partial charge in [-0.2, -0.15) is 17.6 Å². The molecular weight excluding hydrogens is 520 g/mol. The van der Waals surface area contributed by atoms with Gasteiger partial charge in [0, 0.05) is 28.2 Å². The van der Waals surface area contributed by atoms with E-state index in [9.17, 15) is 27.2 Å². The first kappa shape index (κ1) is 32.5. The van der Waals surface area contributed by atoms with E-state index in [0.717, 1.165) is 41.1 Å². The van der Waals surface area contributed by atoms with Crippen LogP contribution < -0.4 is 10.6 Å². The number of halogens is 4. The van der Waals surface area contributed by atoms with Crippen molar-refractivity contribution in [1.29, 1.82) is 0 Å². The van der Waals surface area contributed by atoms with Crippen molar-refractivity contribution in [1.82, 2.24) is 0 Å². The van der Waals surface area contributed by atoms with Gasteiger partial charge in [-0.05, 0) is 68.3 Å². The largest absolute Gasteiger partial charge is 0.380 e. The zero-order chi connectivity index (χ0) is 30.4. The molecule has 4 nitrogen and oxygen atoms in total. The Bertz CT molecular complexity index is 1250. The molecule has 40 heavy (non-hydrogen) atoms. The fraction of sp³-hybridized carbons (Fsp3) is 0.375. The number of Topliss-reactive ketones (excluding diaryl/α,β-unsaturated/α-hetero) is 1. The predicted octanol–water partition coefficient (Wildman–Crippen LogP) is 8.33. The molecule has 0 heterocycles. The number of amides is 1. The van der Waals surface area contributed by atoms with E-state index in [0.29, 0.717) is 12.2 Å². The number of carbonyl (C=O) groups is 2. The second kappa shape index (κ2) is 12.7. The van der Waals surface area contributed by atoms with Gasteiger partial charge in [-0.25, -0.2) is 0 Å². The lowest BCUT2D eigenvalue weighted by atomic mass is 9.78. The lowest BCUT2D eigenvalue weighted by molar-refractivity contribution is -0.140. The van der Waals surface area contributed by atoms with Crippen molar-refractivity contribution in [3.05, 3.63) is 96.1 Å². The summed E-state index contributed by atoms with van der Waals surface area (Å²) in [5, 5.41) is 5.62. The van der Waals surface area contributed by atoms with Gasteiger partial charge >= 0.3 is 11.8 Å². The maximum absolute atomic E-state index is 14.3. The molecule has 0 aliphatic heterocycles. The SMILES string of the molecule is CC(C)C(=O)C(F)(F)/C=C/C=C\C=C\C(F)(F)C(=O)Nc1ccc(C(C)(C)c2ccc(NC(C)(C)C)cc2)cc1. The highest BCUT2D eigenvalue weighted by atomic mass is 19.3. The molecule has 0 fully saturated rings. The smallest absolute Gasteiger partial charge is 0.343 e. The van der Waals surface area contributed by atoms with E-state index in [1.807, 2.05) is 24.3 Å². The van der Waals surface area contributed by atoms with E-state index in [1.54, 1.807) is 24.3 Å². The van der Waals surface area contributed by atoms with E-state index in [4.69, 9.17) is 0 Å². The Balaban J connectivity index is 2.02. The summed E-state index contributed by atoms with van der Waals surface area (Å²) in [6.07, 6.45) is 4.66. The Kier molecular flexibility index (Phi) is 10.3. The van der Waals surface area contributed by atoms with Gasteiger partial charge in [0.2, 0.25) is 5.78 Å². The molecule has 0 aromatic heterocycles. The second-order valence-corrected chi connectivity index (χ2v) is 11.5. The lowest BCUT2D eigenvalue weighted by Crippen LogP contribution is -2.32. The molecule has 0 unspecified atom stereocenters. The highest BCUT2D eigenvalue weighted by Crippen LogP contribution is 2.33. The Morgan fingerprint density at radius 1 is 0.675 bits per heavy atom. The molecule has 2 rings (SSSR count). The van der Waals surface area contributed by atoms with Crippen molar-refractivity contribution in [2.24, 2.45) is 5.92 Å². The third-order valence-corrected chi connectivity index (χ3v) is 6.09. The van der Waals surface area contributed by atoms with Crippen molar-refractivity contribution >= 4 is 23.1 Å². The van der Waals surface area contributed by atoms with E-state index in [-0.39, 0.29) is 16.6 Å². The molecule has 8 heteroatoms. The third kappa shape index (κ3) is 9.21. The molecule has 2 aromatic rings. The summed E-state index contributed by atoms with van der Waals surface area (Å²) in [5.41, 5.74) is 2.78. The average Bonchev–Trinajstić information content (AvgIpc) is 2.85. The summed E-state index contributed by atoms with van der Waals surface area (Å²) in [5.74, 6) is -11.1. The minimum atomic E-state index is -3.84. The summed E-state index contributed by atoms with van der Waals surface area (Å²) < 4.78 is 55.9. The van der Waals surface area contributed by atoms with Gasteiger partial charge in [-0.15, -0.1) is 0 Å². The normalized spacial score (nSPS) is 13.5. The van der Waals surface area contributed by atoms with Gasteiger partial charge in [-0.1, -0.05) is 76.3 Å². The van der Waals surface area contributed by atoms with Crippen molar-refractivity contribution < 1.29 is 27.2 Å². The highest BCUT2D eigenvalue weighted by molar-refractivity contribution is 5.97. The van der Waals surface area contributed by atoms with Crippen LogP contribution in [0, 0.1) is 5.92 Å². The minimum absolute atomic E-state index is 0.0615. The van der Waals surface area contributed by atoms with Crippen molar-refractivity contribution in [3.63, 3.8) is 0 Å². The lowest BCUT2D eigenvalue weighted by Gasteiger charge is -2.27. The summed E-state index contributed by atoms with van der Waals surface area (Å²) in [7, 11) is 0. The molecule has 0 radical (unpaired) electrons. The number of anilines is 2. The fourth-order valence-electron chi connectivity index (χ4n) is 3.78. The molecule has 0 bridgehead atoms. The second-order valence-electron chi connectivity index (χ2n) is 11.5. The highest BCUT2D eigenvalue weighted by Gasteiger charge is 2.37. The number of carbonyl (C=O) groups excluding carboxylic acids is 2. The van der Waals surface area contributed by atoms with Crippen LogP contribution in [0.1, 0.15) is 59.6 Å². The minimum Gasteiger partial charge on any atom is -0.380 e. The Hall–Kier alpha value is -3.68. The van der Waals surface area contributed by atoms with Crippen LogP contribution in [0.25, 0.3) is 0 Å². The molecule has 0 spiro atoms. The van der Waals surface area contributed by atoms with E-state index < -0.39 is 29.5 Å². The molecule has 216 valence electrons. The topological polar surface area (TPSA) is 58.2 Å². The third-order valence-electron chi connectivity index (χ3n) is 6.09. The number of hydrogen-bond acceptors (Lipinski definition) is 3. The van der Waals surface area contributed by atoms with Crippen molar-refractivity contribution in [2.45, 2.75) is 71.3 Å². The van der Waals surface area contributed by atoms with Crippen LogP contribution >= 0.6 is 0 Å². The van der Waals surface area contributed by atoms with E-state index in [2.05, 4.69) is 45.3 Å². The van der Waals surface area contributed by atoms with E-state index in [1.165, 1.54) is 13.8 Å². The molecule has 0 atom stereocenters. The average molecular weight is 559 g/mol. The number of hydrogen-bond donors (Lipinski definition) is 2. The molecule has 0 aliphatic rings. The molecule has 0 aliphatic carbocycles. The van der Waals surface area contributed by atoms with Crippen LogP contribution in [-0.4, -0.2) is 29.1 Å². The standard InChI is InChI=1S/C32H38F4N2O2/c1-22(2)27(39)31(33,34)20-10-8-9-11-21-32(35,36)28(40)37-25-16-12-23(13-17-25)30(6,7)24-14-18-26(19-15-24)38-29(3,4)5/h8-22,38H,1-7H3,(H,37,40)/b9-8-,20-10+,21-11+. The molecule has 1 amide bonds. The predicted molar refractivity (Wildman–Crippen MR) is 154 cm³/mol. The van der Waals surface area contributed by atoms with Gasteiger partial charge in [0.1, 0.15) is 0 Å². The monoisotopic (exact) mass is 558 g/mol. The van der Waals surface area contributed by atoms with Gasteiger partial charge in [0.15, 0.2) is 0 Å². The van der Waals surface area contributed by atoms with Gasteiger partial charge < -0.3 is 10.6 Å². The summed E-state index contributed by atoms with van der Waals surface area (Å²) in [6.45, 7) is 13.1. The van der Waals surface area contributed by atoms with E-state index >= 15 is 0 Å². The zero-order valence-electron chi connectivity index (χ0n) is 24.0. The van der Waals surface area contributed by atoms with Crippen LogP contribution in [0.4, 0.5) is 28.9 Å². The first-order chi connectivity index (χ1) is 18.3. The maximum Gasteiger partial charge on any atom is 0.343 e. The van der Waals surface area contributed by atoms with Crippen LogP contribution in [0.2, 0.25) is 0 Å². The van der Waals surface area contributed by atoms with Crippen LogP contribution in [0.15, 0.2) is 85.0 Å². The number of nitrogens with one attached hydrogen (secondary N) is 2. The Morgan fingerprint density at radius 3 is 1.52 bits per heavy atom. The number of allylic oxidation sites excluding steroid dienone is 5. The van der Waals surface area contributed by atoms with Crippen LogP contribution in [-0.2, 0) is 15.0 Å². The summed E-state index contributed by atoms with van der Waals surface area (Å²) >= 11 is 0. The number of alkyl halides is 4. The Labute approximate surface area is 234 Å². The van der Waals surface area contributed by atoms with Gasteiger partial charge in [-0.3, -0.25) is 9.59 Å². The van der Waals surface area contributed by atoms with Gasteiger partial charge in [0.05, 0.1) is 0 Å². The number of rotatable bonds is 11. The fourth-order valence-corrected chi connectivity index (χ4v) is 3.78. The molecular formula is C32H38F4N2O2. The zero-order valence-corrected chi connectivity index (χ0v) is 24.0. The quantitative estimate of drug-likeness (QED) is 0.215. The molecule has 0 saturated heterocycles. The molecule has 2 aromatic carbocycles. The van der Waals surface area contributed by atoms with Crippen LogP contribution in [0.5, 0.6) is 0 Å². The summed E-state index contributed by atoms with van der Waals surface area (Å²) in [6, 6.07) is 14.8. The van der Waals surface area contributed by atoms with Crippen LogP contribution in [0.3, 0.4) is 0 Å². The first-order valence-electron chi connectivity index (χ1n) is 13.0. The van der Waals surface area contributed by atoms with Gasteiger partial charge in [0.25, 0.3) is 5.91 Å². The first-order valence-corrected chi connectivity index (χ1v) is 13.0. The number of ketones is 1. The molecule has 2 N–H and O–H groups in total. The number of benzene rings is 2. The van der Waals surface area contributed by atoms with Crippen molar-refractivity contribution in [2.75, 3.05) is 10.6 Å². The van der Waals surface area contributed by atoms with Crippen molar-refractivity contribution in [3.8, 4) is 0 Å². The Morgan fingerprint density at radius 2 is 1.10 bits per heavy atom. The maximum atomic E-state index is 14.3. The summed E-state index contributed by atoms with van der Waals surface area (Å²) in [4.78, 5) is 23.6. The molecule has 0 saturated carbocycles.